The van der Waals surface area contributed by atoms with Gasteiger partial charge in [0.2, 0.25) is 5.91 Å². The average Bonchev–Trinajstić information content (AvgIpc) is 2.81. The Kier molecular flexibility index (Phi) is 8.55. The summed E-state index contributed by atoms with van der Waals surface area (Å²) in [6.07, 6.45) is 0. The number of nitrogens with one attached hydrogen (secondary N) is 2. The zero-order valence-corrected chi connectivity index (χ0v) is 20.3. The molecule has 172 valence electrons. The van der Waals surface area contributed by atoms with Crippen molar-refractivity contribution in [1.82, 2.24) is 10.9 Å². The van der Waals surface area contributed by atoms with Gasteiger partial charge in [-0.15, -0.1) is 11.8 Å². The first-order valence-corrected chi connectivity index (χ1v) is 11.9. The van der Waals surface area contributed by atoms with E-state index in [1.54, 1.807) is 12.1 Å². The number of ether oxygens (including phenoxy) is 1. The minimum Gasteiger partial charge on any atom is -0.489 e. The smallest absolute Gasteiger partial charge is 0.269 e. The van der Waals surface area contributed by atoms with Crippen LogP contribution >= 0.6 is 11.8 Å². The summed E-state index contributed by atoms with van der Waals surface area (Å²) < 4.78 is 6.06. The molecule has 5 nitrogen and oxygen atoms in total. The van der Waals surface area contributed by atoms with Crippen LogP contribution in [0.15, 0.2) is 71.6 Å². The molecule has 3 aromatic rings. The van der Waals surface area contributed by atoms with Gasteiger partial charge in [-0.05, 0) is 66.3 Å². The molecule has 0 fully saturated rings. The second kappa shape index (κ2) is 11.6. The molecule has 6 heteroatoms. The highest BCUT2D eigenvalue weighted by molar-refractivity contribution is 8.00. The van der Waals surface area contributed by atoms with Crippen molar-refractivity contribution in [2.75, 3.05) is 5.75 Å². The van der Waals surface area contributed by atoms with Crippen molar-refractivity contribution in [1.29, 1.82) is 0 Å². The summed E-state index contributed by atoms with van der Waals surface area (Å²) in [5.74, 6) is 0.854. The summed E-state index contributed by atoms with van der Waals surface area (Å²) in [7, 11) is 0. The Hall–Kier alpha value is -3.25. The van der Waals surface area contributed by atoms with Crippen LogP contribution in [-0.4, -0.2) is 17.6 Å². The highest BCUT2D eigenvalue weighted by atomic mass is 32.2. The number of thioether (sulfide) groups is 1. The zero-order chi connectivity index (χ0) is 23.8. The molecule has 0 saturated heterocycles. The summed E-state index contributed by atoms with van der Waals surface area (Å²) in [5, 5.41) is 0. The predicted octanol–water partition coefficient (Wildman–Crippen LogP) is 5.56. The molecule has 0 aliphatic heterocycles. The van der Waals surface area contributed by atoms with Crippen LogP contribution in [0.2, 0.25) is 0 Å². The molecule has 3 aromatic carbocycles. The van der Waals surface area contributed by atoms with Gasteiger partial charge in [0.25, 0.3) is 5.91 Å². The topological polar surface area (TPSA) is 67.4 Å². The quantitative estimate of drug-likeness (QED) is 0.340. The minimum atomic E-state index is -0.363. The van der Waals surface area contributed by atoms with E-state index in [4.69, 9.17) is 4.74 Å². The lowest BCUT2D eigenvalue weighted by Crippen LogP contribution is -2.42. The lowest BCUT2D eigenvalue weighted by molar-refractivity contribution is -0.119. The van der Waals surface area contributed by atoms with Gasteiger partial charge in [0.05, 0.1) is 5.75 Å². The Morgan fingerprint density at radius 1 is 0.939 bits per heavy atom. The molecular formula is C27H30N2O3S. The minimum absolute atomic E-state index is 0.221. The summed E-state index contributed by atoms with van der Waals surface area (Å²) in [5.41, 5.74) is 9.81. The molecule has 0 unspecified atom stereocenters. The van der Waals surface area contributed by atoms with E-state index in [1.807, 2.05) is 50.2 Å². The fraction of sp³-hybridized carbons (Fsp3) is 0.259. The molecular weight excluding hydrogens is 432 g/mol. The first kappa shape index (κ1) is 24.4. The van der Waals surface area contributed by atoms with Gasteiger partial charge in [0, 0.05) is 10.5 Å². The van der Waals surface area contributed by atoms with Crippen LogP contribution in [0.1, 0.15) is 52.4 Å². The van der Waals surface area contributed by atoms with Gasteiger partial charge < -0.3 is 4.74 Å². The third-order valence-electron chi connectivity index (χ3n) is 5.17. The fourth-order valence-electron chi connectivity index (χ4n) is 3.25. The van der Waals surface area contributed by atoms with Crippen molar-refractivity contribution in [3.8, 4) is 5.75 Å². The number of hydrogen-bond acceptors (Lipinski definition) is 4. The van der Waals surface area contributed by atoms with Gasteiger partial charge in [-0.25, -0.2) is 0 Å². The molecule has 0 aliphatic carbocycles. The maximum absolute atomic E-state index is 12.4. The second-order valence-electron chi connectivity index (χ2n) is 8.24. The van der Waals surface area contributed by atoms with Crippen molar-refractivity contribution in [3.63, 3.8) is 0 Å². The zero-order valence-electron chi connectivity index (χ0n) is 19.5. The molecule has 0 bridgehead atoms. The van der Waals surface area contributed by atoms with E-state index >= 15 is 0 Å². The Morgan fingerprint density at radius 2 is 1.67 bits per heavy atom. The monoisotopic (exact) mass is 462 g/mol. The molecule has 2 N–H and O–H groups in total. The molecule has 0 radical (unpaired) electrons. The van der Waals surface area contributed by atoms with Crippen LogP contribution in [0.25, 0.3) is 0 Å². The molecule has 3 rings (SSSR count). The summed E-state index contributed by atoms with van der Waals surface area (Å²) in [6, 6.07) is 21.3. The molecule has 0 aromatic heterocycles. The van der Waals surface area contributed by atoms with Crippen molar-refractivity contribution in [2.45, 2.75) is 45.1 Å². The van der Waals surface area contributed by atoms with Crippen LogP contribution in [0, 0.1) is 13.8 Å². The highest BCUT2D eigenvalue weighted by Gasteiger charge is 2.11. The van der Waals surface area contributed by atoms with Gasteiger partial charge >= 0.3 is 0 Å². The second-order valence-corrected chi connectivity index (χ2v) is 9.26. The Balaban J connectivity index is 1.48. The normalized spacial score (nSPS) is 10.7. The first-order valence-electron chi connectivity index (χ1n) is 10.9. The van der Waals surface area contributed by atoms with Crippen LogP contribution in [0.3, 0.4) is 0 Å². The van der Waals surface area contributed by atoms with E-state index in [1.165, 1.54) is 17.3 Å². The van der Waals surface area contributed by atoms with E-state index in [-0.39, 0.29) is 17.6 Å². The lowest BCUT2D eigenvalue weighted by Gasteiger charge is -2.15. The standard InChI is InChI=1S/C27H30N2O3S/c1-18(2)23-14-9-19(3)15-24(23)32-16-21-10-12-22(13-11-21)27(31)29-28-26(30)17-33-25-8-6-5-7-20(25)4/h5-15,18H,16-17H2,1-4H3,(H,28,30)(H,29,31). The van der Waals surface area contributed by atoms with Crippen molar-refractivity contribution >= 4 is 23.6 Å². The molecule has 0 saturated carbocycles. The van der Waals surface area contributed by atoms with Gasteiger partial charge in [0.15, 0.2) is 0 Å². The highest BCUT2D eigenvalue weighted by Crippen LogP contribution is 2.28. The molecule has 0 spiro atoms. The number of amides is 2. The number of carbonyl (C=O) groups is 2. The third-order valence-corrected chi connectivity index (χ3v) is 6.34. The fourth-order valence-corrected chi connectivity index (χ4v) is 4.08. The lowest BCUT2D eigenvalue weighted by atomic mass is 10.0. The number of benzene rings is 3. The maximum atomic E-state index is 12.4. The van der Waals surface area contributed by atoms with Crippen molar-refractivity contribution < 1.29 is 14.3 Å². The summed E-state index contributed by atoms with van der Waals surface area (Å²) in [6.45, 7) is 8.75. The molecule has 0 atom stereocenters. The Labute approximate surface area is 199 Å². The average molecular weight is 463 g/mol. The molecule has 0 aliphatic rings. The number of aryl methyl sites for hydroxylation is 2. The number of hydrazine groups is 1. The molecule has 33 heavy (non-hydrogen) atoms. The van der Waals surface area contributed by atoms with E-state index in [9.17, 15) is 9.59 Å². The van der Waals surface area contributed by atoms with E-state index in [2.05, 4.69) is 42.9 Å². The van der Waals surface area contributed by atoms with Gasteiger partial charge in [-0.2, -0.15) is 0 Å². The Bertz CT molecular complexity index is 1110. The Morgan fingerprint density at radius 3 is 2.36 bits per heavy atom. The van der Waals surface area contributed by atoms with Crippen LogP contribution in [-0.2, 0) is 11.4 Å². The first-order chi connectivity index (χ1) is 15.8. The summed E-state index contributed by atoms with van der Waals surface area (Å²) in [4.78, 5) is 25.5. The van der Waals surface area contributed by atoms with E-state index in [0.717, 1.165) is 27.3 Å². The van der Waals surface area contributed by atoms with Crippen molar-refractivity contribution in [2.24, 2.45) is 0 Å². The number of carbonyl (C=O) groups excluding carboxylic acids is 2. The SMILES string of the molecule is Cc1ccc(C(C)C)c(OCc2ccc(C(=O)NNC(=O)CSc3ccccc3C)cc2)c1. The maximum Gasteiger partial charge on any atom is 0.269 e. The molecule has 0 heterocycles. The number of hydrogen-bond donors (Lipinski definition) is 2. The third kappa shape index (κ3) is 7.12. The summed E-state index contributed by atoms with van der Waals surface area (Å²) >= 11 is 1.43. The number of rotatable bonds is 8. The largest absolute Gasteiger partial charge is 0.489 e. The van der Waals surface area contributed by atoms with E-state index in [0.29, 0.717) is 18.1 Å². The van der Waals surface area contributed by atoms with Crippen LogP contribution < -0.4 is 15.6 Å². The van der Waals surface area contributed by atoms with Crippen molar-refractivity contribution in [3.05, 3.63) is 94.5 Å². The van der Waals surface area contributed by atoms with Gasteiger partial charge in [-0.1, -0.05) is 56.3 Å². The van der Waals surface area contributed by atoms with Gasteiger partial charge in [0.1, 0.15) is 12.4 Å². The van der Waals surface area contributed by atoms with Gasteiger partial charge in [-0.3, -0.25) is 20.4 Å². The predicted molar refractivity (Wildman–Crippen MR) is 134 cm³/mol. The van der Waals surface area contributed by atoms with Crippen LogP contribution in [0.4, 0.5) is 0 Å². The molecule has 2 amide bonds. The van der Waals surface area contributed by atoms with E-state index < -0.39 is 0 Å². The van der Waals surface area contributed by atoms with Crippen LogP contribution in [0.5, 0.6) is 5.75 Å².